The van der Waals surface area contributed by atoms with Crippen LogP contribution in [0.2, 0.25) is 0 Å². The van der Waals surface area contributed by atoms with E-state index in [-0.39, 0.29) is 38.0 Å². The van der Waals surface area contributed by atoms with Crippen LogP contribution in [0.3, 0.4) is 0 Å². The van der Waals surface area contributed by atoms with Crippen LogP contribution in [-0.4, -0.2) is 52.7 Å². The van der Waals surface area contributed by atoms with Crippen LogP contribution in [0.1, 0.15) is 24.0 Å². The molecule has 2 aromatic carbocycles. The molecule has 0 aliphatic rings. The van der Waals surface area contributed by atoms with Crippen molar-refractivity contribution in [1.29, 1.82) is 0 Å². The summed E-state index contributed by atoms with van der Waals surface area (Å²) in [5, 5.41) is 22.0. The molecule has 0 aliphatic heterocycles. The molecule has 0 aromatic heterocycles. The Morgan fingerprint density at radius 2 is 1.61 bits per heavy atom. The van der Waals surface area contributed by atoms with E-state index in [4.69, 9.17) is 0 Å². The van der Waals surface area contributed by atoms with E-state index in [1.54, 1.807) is 11.0 Å². The van der Waals surface area contributed by atoms with Gasteiger partial charge in [0, 0.05) is 19.5 Å². The molecule has 0 saturated carbocycles. The highest BCUT2D eigenvalue weighted by Crippen LogP contribution is 2.15. The number of hydrogen-bond donors (Lipinski definition) is 3. The Hall–Kier alpha value is -2.96. The third-order valence-electron chi connectivity index (χ3n) is 5.07. The van der Waals surface area contributed by atoms with E-state index < -0.39 is 12.0 Å². The predicted molar refractivity (Wildman–Crippen MR) is 121 cm³/mol. The minimum Gasteiger partial charge on any atom is -0.395 e. The maximum atomic E-state index is 12.9. The molecule has 31 heavy (non-hydrogen) atoms. The van der Waals surface area contributed by atoms with Crippen LogP contribution >= 0.6 is 0 Å². The largest absolute Gasteiger partial charge is 0.395 e. The second-order valence-corrected chi connectivity index (χ2v) is 7.53. The van der Waals surface area contributed by atoms with Gasteiger partial charge in [-0.1, -0.05) is 66.7 Å². The monoisotopic (exact) mass is 424 g/mol. The van der Waals surface area contributed by atoms with Crippen LogP contribution in [0, 0.1) is 5.92 Å². The average Bonchev–Trinajstić information content (AvgIpc) is 2.79. The van der Waals surface area contributed by atoms with Crippen molar-refractivity contribution in [3.8, 4) is 0 Å². The number of benzene rings is 2. The van der Waals surface area contributed by atoms with E-state index in [0.717, 1.165) is 11.1 Å². The second-order valence-electron chi connectivity index (χ2n) is 7.53. The Morgan fingerprint density at radius 3 is 2.16 bits per heavy atom. The molecule has 0 bridgehead atoms. The van der Waals surface area contributed by atoms with Crippen LogP contribution in [-0.2, 0) is 22.6 Å². The quantitative estimate of drug-likeness (QED) is 0.431. The van der Waals surface area contributed by atoms with Gasteiger partial charge in [-0.25, -0.2) is 0 Å². The zero-order chi connectivity index (χ0) is 22.5. The summed E-state index contributed by atoms with van der Waals surface area (Å²) in [4.78, 5) is 27.4. The number of carbonyl (C=O) groups excluding carboxylic acids is 2. The maximum absolute atomic E-state index is 12.9. The van der Waals surface area contributed by atoms with E-state index in [9.17, 15) is 19.8 Å². The van der Waals surface area contributed by atoms with Crippen LogP contribution < -0.4 is 5.32 Å². The van der Waals surface area contributed by atoms with E-state index in [1.165, 1.54) is 0 Å². The average molecular weight is 425 g/mol. The van der Waals surface area contributed by atoms with Gasteiger partial charge >= 0.3 is 0 Å². The summed E-state index contributed by atoms with van der Waals surface area (Å²) in [7, 11) is 0. The van der Waals surface area contributed by atoms with Crippen LogP contribution in [0.15, 0.2) is 73.3 Å². The molecule has 6 heteroatoms. The summed E-state index contributed by atoms with van der Waals surface area (Å²) in [5.74, 6) is -1.08. The lowest BCUT2D eigenvalue weighted by Gasteiger charge is -2.25. The third-order valence-corrected chi connectivity index (χ3v) is 5.07. The fraction of sp³-hybridized carbons (Fsp3) is 0.360. The number of nitrogens with zero attached hydrogens (tertiary/aromatic N) is 1. The standard InChI is InChI=1S/C25H32N2O4/c1-2-9-22(25(31)26-23(19-29)16-20-10-5-3-6-11-20)17-24(30)27(14-15-28)18-21-12-7-4-8-13-21/h2-8,10-13,22-23,28-29H,1,9,14-19H2,(H,26,31). The van der Waals surface area contributed by atoms with Crippen molar-refractivity contribution in [2.75, 3.05) is 19.8 Å². The van der Waals surface area contributed by atoms with E-state index in [2.05, 4.69) is 11.9 Å². The highest BCUT2D eigenvalue weighted by atomic mass is 16.3. The molecule has 0 saturated heterocycles. The molecule has 6 nitrogen and oxygen atoms in total. The van der Waals surface area contributed by atoms with Crippen molar-refractivity contribution in [3.63, 3.8) is 0 Å². The number of hydrogen-bond acceptors (Lipinski definition) is 4. The van der Waals surface area contributed by atoms with E-state index in [0.29, 0.717) is 19.4 Å². The second kappa shape index (κ2) is 13.4. The number of allylic oxidation sites excluding steroid dienone is 1. The first-order valence-electron chi connectivity index (χ1n) is 10.6. The molecule has 0 spiro atoms. The van der Waals surface area contributed by atoms with E-state index in [1.807, 2.05) is 60.7 Å². The van der Waals surface area contributed by atoms with Crippen LogP contribution in [0.4, 0.5) is 0 Å². The molecule has 2 aromatic rings. The smallest absolute Gasteiger partial charge is 0.224 e. The Morgan fingerprint density at radius 1 is 1.00 bits per heavy atom. The van der Waals surface area contributed by atoms with Crippen LogP contribution in [0.5, 0.6) is 0 Å². The Labute approximate surface area is 184 Å². The fourth-order valence-electron chi connectivity index (χ4n) is 3.42. The molecule has 3 N–H and O–H groups in total. The van der Waals surface area contributed by atoms with Gasteiger partial charge in [-0.3, -0.25) is 9.59 Å². The van der Waals surface area contributed by atoms with Gasteiger partial charge < -0.3 is 20.4 Å². The zero-order valence-electron chi connectivity index (χ0n) is 17.8. The predicted octanol–water partition coefficient (Wildman–Crippen LogP) is 2.31. The lowest BCUT2D eigenvalue weighted by molar-refractivity contribution is -0.137. The first-order chi connectivity index (χ1) is 15.1. The molecule has 2 unspecified atom stereocenters. The van der Waals surface area contributed by atoms with Gasteiger partial charge in [0.05, 0.1) is 25.2 Å². The van der Waals surface area contributed by atoms with E-state index >= 15 is 0 Å². The molecule has 0 heterocycles. The maximum Gasteiger partial charge on any atom is 0.224 e. The molecule has 0 fully saturated rings. The van der Waals surface area contributed by atoms with Gasteiger partial charge in [0.15, 0.2) is 0 Å². The summed E-state index contributed by atoms with van der Waals surface area (Å²) < 4.78 is 0. The minimum absolute atomic E-state index is 0.00811. The number of amides is 2. The molecule has 0 aliphatic carbocycles. The van der Waals surface area contributed by atoms with Crippen molar-refractivity contribution < 1.29 is 19.8 Å². The molecular weight excluding hydrogens is 392 g/mol. The highest BCUT2D eigenvalue weighted by molar-refractivity contribution is 5.86. The highest BCUT2D eigenvalue weighted by Gasteiger charge is 2.25. The Bertz CT molecular complexity index is 811. The number of carbonyl (C=O) groups is 2. The molecular formula is C25H32N2O4. The molecule has 166 valence electrons. The fourth-order valence-corrected chi connectivity index (χ4v) is 3.42. The van der Waals surface area contributed by atoms with Crippen molar-refractivity contribution >= 4 is 11.8 Å². The third kappa shape index (κ3) is 8.36. The van der Waals surface area contributed by atoms with Gasteiger partial charge in [-0.05, 0) is 24.0 Å². The molecule has 2 rings (SSSR count). The SMILES string of the molecule is C=CCC(CC(=O)N(CCO)Cc1ccccc1)C(=O)NC(CO)Cc1ccccc1. The lowest BCUT2D eigenvalue weighted by Crippen LogP contribution is -2.44. The van der Waals surface area contributed by atoms with Crippen LogP contribution in [0.25, 0.3) is 0 Å². The Kier molecular flexibility index (Phi) is 10.5. The summed E-state index contributed by atoms with van der Waals surface area (Å²) in [5.41, 5.74) is 1.97. The van der Waals surface area contributed by atoms with Crippen molar-refractivity contribution in [2.24, 2.45) is 5.92 Å². The number of aliphatic hydroxyl groups excluding tert-OH is 2. The topological polar surface area (TPSA) is 89.9 Å². The number of aliphatic hydroxyl groups is 2. The number of rotatable bonds is 13. The molecule has 2 amide bonds. The summed E-state index contributed by atoms with van der Waals surface area (Å²) in [6.07, 6.45) is 2.48. The van der Waals surface area contributed by atoms with Gasteiger partial charge in [-0.15, -0.1) is 6.58 Å². The molecule has 0 radical (unpaired) electrons. The van der Waals surface area contributed by atoms with Gasteiger partial charge in [-0.2, -0.15) is 0 Å². The van der Waals surface area contributed by atoms with Gasteiger partial charge in [0.2, 0.25) is 11.8 Å². The van der Waals surface area contributed by atoms with Crippen molar-refractivity contribution in [2.45, 2.75) is 31.8 Å². The number of nitrogens with one attached hydrogen (secondary N) is 1. The summed E-state index contributed by atoms with van der Waals surface area (Å²) >= 11 is 0. The summed E-state index contributed by atoms with van der Waals surface area (Å²) in [6, 6.07) is 18.7. The van der Waals surface area contributed by atoms with Gasteiger partial charge in [0.25, 0.3) is 0 Å². The normalized spacial score (nSPS) is 12.6. The molecule has 2 atom stereocenters. The van der Waals surface area contributed by atoms with Crippen molar-refractivity contribution in [1.82, 2.24) is 10.2 Å². The Balaban J connectivity index is 2.01. The minimum atomic E-state index is -0.591. The zero-order valence-corrected chi connectivity index (χ0v) is 17.8. The first-order valence-corrected chi connectivity index (χ1v) is 10.6. The lowest BCUT2D eigenvalue weighted by atomic mass is 9.98. The first kappa shape index (κ1) is 24.3. The summed E-state index contributed by atoms with van der Waals surface area (Å²) in [6.45, 7) is 3.93. The van der Waals surface area contributed by atoms with Gasteiger partial charge in [0.1, 0.15) is 0 Å². The van der Waals surface area contributed by atoms with Crippen molar-refractivity contribution in [3.05, 3.63) is 84.4 Å².